The predicted molar refractivity (Wildman–Crippen MR) is 243 cm³/mol. The summed E-state index contributed by atoms with van der Waals surface area (Å²) < 4.78 is 16.6. The maximum Gasteiger partial charge on any atom is 0.306 e. The summed E-state index contributed by atoms with van der Waals surface area (Å²) in [4.78, 5) is 37.5. The fraction of sp³-hybridized carbons (Fsp3) is 0.941. The van der Waals surface area contributed by atoms with Gasteiger partial charge in [0.1, 0.15) is 13.2 Å². The van der Waals surface area contributed by atoms with Crippen molar-refractivity contribution in [3.05, 3.63) is 0 Å². The predicted octanol–water partition coefficient (Wildman–Crippen LogP) is 16.4. The molecule has 0 saturated carbocycles. The zero-order valence-electron chi connectivity index (χ0n) is 38.6. The quantitative estimate of drug-likeness (QED) is 0.0346. The largest absolute Gasteiger partial charge is 0.462 e. The molecule has 0 spiro atoms. The monoisotopic (exact) mass is 807 g/mol. The third-order valence-corrected chi connectivity index (χ3v) is 11.6. The average Bonchev–Trinajstić information content (AvgIpc) is 3.21. The van der Waals surface area contributed by atoms with Gasteiger partial charge in [-0.25, -0.2) is 0 Å². The Morgan fingerprint density at radius 2 is 0.474 bits per heavy atom. The molecule has 0 aromatic rings. The van der Waals surface area contributed by atoms with Crippen LogP contribution in [0.2, 0.25) is 0 Å². The summed E-state index contributed by atoms with van der Waals surface area (Å²) in [5, 5.41) is 0. The Balaban J connectivity index is 3.97. The molecule has 0 aliphatic heterocycles. The minimum Gasteiger partial charge on any atom is -0.462 e. The van der Waals surface area contributed by atoms with E-state index in [2.05, 4.69) is 20.8 Å². The van der Waals surface area contributed by atoms with E-state index in [9.17, 15) is 14.4 Å². The lowest BCUT2D eigenvalue weighted by molar-refractivity contribution is -0.167. The SMILES string of the molecule is CCCCCCCCCCCCCCCCCCCCCCCCCCC(=O)OCC(COC(=O)CCCCCCCC)OC(=O)CCCCCCCCCCC. The van der Waals surface area contributed by atoms with Crippen molar-refractivity contribution < 1.29 is 28.6 Å². The molecule has 0 bridgehead atoms. The number of hydrogen-bond acceptors (Lipinski definition) is 6. The average molecular weight is 807 g/mol. The Kier molecular flexibility index (Phi) is 45.8. The van der Waals surface area contributed by atoms with E-state index in [1.54, 1.807) is 0 Å². The van der Waals surface area contributed by atoms with Crippen LogP contribution in [0.25, 0.3) is 0 Å². The molecule has 1 unspecified atom stereocenters. The van der Waals surface area contributed by atoms with Crippen LogP contribution >= 0.6 is 0 Å². The first-order chi connectivity index (χ1) is 28.0. The number of unbranched alkanes of at least 4 members (excludes halogenated alkanes) is 36. The van der Waals surface area contributed by atoms with Crippen molar-refractivity contribution in [3.63, 3.8) is 0 Å². The lowest BCUT2D eigenvalue weighted by Gasteiger charge is -2.18. The summed E-state index contributed by atoms with van der Waals surface area (Å²) in [7, 11) is 0. The minimum atomic E-state index is -0.757. The third kappa shape index (κ3) is 45.3. The van der Waals surface area contributed by atoms with Crippen LogP contribution in [0, 0.1) is 0 Å². The van der Waals surface area contributed by atoms with Gasteiger partial charge in [0.05, 0.1) is 0 Å². The molecule has 0 N–H and O–H groups in total. The van der Waals surface area contributed by atoms with Crippen LogP contribution in [0.4, 0.5) is 0 Å². The van der Waals surface area contributed by atoms with Crippen LogP contribution in [0.15, 0.2) is 0 Å². The molecule has 57 heavy (non-hydrogen) atoms. The molecule has 0 saturated heterocycles. The number of carbonyl (C=O) groups is 3. The van der Waals surface area contributed by atoms with Crippen molar-refractivity contribution in [2.45, 2.75) is 297 Å². The maximum absolute atomic E-state index is 12.6. The molecule has 6 heteroatoms. The van der Waals surface area contributed by atoms with Gasteiger partial charge in [-0.2, -0.15) is 0 Å². The zero-order valence-corrected chi connectivity index (χ0v) is 38.6. The van der Waals surface area contributed by atoms with Crippen molar-refractivity contribution in [3.8, 4) is 0 Å². The Morgan fingerprint density at radius 1 is 0.281 bits per heavy atom. The molecule has 1 atom stereocenters. The van der Waals surface area contributed by atoms with Crippen molar-refractivity contribution in [2.75, 3.05) is 13.2 Å². The number of esters is 3. The van der Waals surface area contributed by atoms with Crippen molar-refractivity contribution >= 4 is 17.9 Å². The third-order valence-electron chi connectivity index (χ3n) is 11.6. The Labute approximate surface area is 355 Å². The summed E-state index contributed by atoms with van der Waals surface area (Å²) in [6.07, 6.45) is 49.9. The van der Waals surface area contributed by atoms with E-state index in [1.807, 2.05) is 0 Å². The van der Waals surface area contributed by atoms with Gasteiger partial charge < -0.3 is 14.2 Å². The number of hydrogen-bond donors (Lipinski definition) is 0. The summed E-state index contributed by atoms with van der Waals surface area (Å²) in [6, 6.07) is 0. The second kappa shape index (κ2) is 47.1. The summed E-state index contributed by atoms with van der Waals surface area (Å²) >= 11 is 0. The first-order valence-corrected chi connectivity index (χ1v) is 25.5. The highest BCUT2D eigenvalue weighted by atomic mass is 16.6. The topological polar surface area (TPSA) is 78.9 Å². The van der Waals surface area contributed by atoms with Crippen LogP contribution in [-0.4, -0.2) is 37.2 Å². The van der Waals surface area contributed by atoms with Crippen LogP contribution in [0.1, 0.15) is 290 Å². The highest BCUT2D eigenvalue weighted by Gasteiger charge is 2.19. The second-order valence-electron chi connectivity index (χ2n) is 17.5. The number of rotatable bonds is 47. The molecule has 0 amide bonds. The molecule has 0 aromatic heterocycles. The van der Waals surface area contributed by atoms with Gasteiger partial charge in [-0.05, 0) is 19.3 Å². The van der Waals surface area contributed by atoms with E-state index in [1.165, 1.54) is 193 Å². The van der Waals surface area contributed by atoms with E-state index in [-0.39, 0.29) is 31.1 Å². The Bertz CT molecular complexity index is 844. The van der Waals surface area contributed by atoms with Crippen molar-refractivity contribution in [1.82, 2.24) is 0 Å². The smallest absolute Gasteiger partial charge is 0.306 e. The van der Waals surface area contributed by atoms with Crippen LogP contribution in [0.5, 0.6) is 0 Å². The van der Waals surface area contributed by atoms with Gasteiger partial charge in [0.15, 0.2) is 6.10 Å². The summed E-state index contributed by atoms with van der Waals surface area (Å²) in [6.45, 7) is 6.59. The molecule has 0 radical (unpaired) electrons. The molecule has 6 nitrogen and oxygen atoms in total. The lowest BCUT2D eigenvalue weighted by atomic mass is 10.0. The number of carbonyl (C=O) groups excluding carboxylic acids is 3. The van der Waals surface area contributed by atoms with Gasteiger partial charge in [0.2, 0.25) is 0 Å². The van der Waals surface area contributed by atoms with E-state index in [4.69, 9.17) is 14.2 Å². The molecule has 0 aromatic carbocycles. The lowest BCUT2D eigenvalue weighted by Crippen LogP contribution is -2.30. The van der Waals surface area contributed by atoms with Crippen LogP contribution in [0.3, 0.4) is 0 Å². The number of ether oxygens (including phenoxy) is 3. The van der Waals surface area contributed by atoms with Gasteiger partial charge in [-0.15, -0.1) is 0 Å². The minimum absolute atomic E-state index is 0.0635. The van der Waals surface area contributed by atoms with Crippen molar-refractivity contribution in [1.29, 1.82) is 0 Å². The van der Waals surface area contributed by atoms with E-state index < -0.39 is 6.10 Å². The van der Waals surface area contributed by atoms with Gasteiger partial charge in [0.25, 0.3) is 0 Å². The van der Waals surface area contributed by atoms with Crippen molar-refractivity contribution in [2.24, 2.45) is 0 Å². The molecule has 0 aliphatic carbocycles. The fourth-order valence-corrected chi connectivity index (χ4v) is 7.74. The molecule has 0 heterocycles. The zero-order chi connectivity index (χ0) is 41.5. The summed E-state index contributed by atoms with van der Waals surface area (Å²) in [5.74, 6) is -0.861. The highest BCUT2D eigenvalue weighted by Crippen LogP contribution is 2.17. The van der Waals surface area contributed by atoms with Gasteiger partial charge >= 0.3 is 17.9 Å². The van der Waals surface area contributed by atoms with Gasteiger partial charge in [-0.1, -0.05) is 252 Å². The normalized spacial score (nSPS) is 11.8. The Hall–Kier alpha value is -1.59. The fourth-order valence-electron chi connectivity index (χ4n) is 7.74. The molecule has 0 fully saturated rings. The standard InChI is InChI=1S/C51H98O6/c1-4-7-10-13-16-18-19-20-21-22-23-24-25-26-27-28-29-30-31-32-34-35-38-41-44-50(53)56-47-48(46-55-49(52)43-40-37-15-12-9-6-3)57-51(54)45-42-39-36-33-17-14-11-8-5-2/h48H,4-47H2,1-3H3. The molecular weight excluding hydrogens is 709 g/mol. The highest BCUT2D eigenvalue weighted by molar-refractivity contribution is 5.71. The van der Waals surface area contributed by atoms with Gasteiger partial charge in [-0.3, -0.25) is 14.4 Å². The second-order valence-corrected chi connectivity index (χ2v) is 17.5. The molecule has 338 valence electrons. The van der Waals surface area contributed by atoms with Crippen LogP contribution in [-0.2, 0) is 28.6 Å². The summed E-state index contributed by atoms with van der Waals surface area (Å²) in [5.41, 5.74) is 0. The first-order valence-electron chi connectivity index (χ1n) is 25.5. The molecule has 0 aliphatic rings. The van der Waals surface area contributed by atoms with E-state index in [0.29, 0.717) is 19.3 Å². The first kappa shape index (κ1) is 55.4. The maximum atomic E-state index is 12.6. The Morgan fingerprint density at radius 3 is 0.702 bits per heavy atom. The van der Waals surface area contributed by atoms with Crippen LogP contribution < -0.4 is 0 Å². The molecule has 0 rings (SSSR count). The van der Waals surface area contributed by atoms with Gasteiger partial charge in [0, 0.05) is 19.3 Å². The van der Waals surface area contributed by atoms with E-state index >= 15 is 0 Å². The molecular formula is C51H98O6. The van der Waals surface area contributed by atoms with E-state index in [0.717, 1.165) is 57.8 Å².